The first kappa shape index (κ1) is 17.9. The van der Waals surface area contributed by atoms with Gasteiger partial charge in [-0.3, -0.25) is 0 Å². The molecule has 3 saturated carbocycles. The third-order valence-corrected chi connectivity index (χ3v) is 8.53. The Balaban J connectivity index is 1.76. The van der Waals surface area contributed by atoms with Gasteiger partial charge in [-0.25, -0.2) is 0 Å². The minimum absolute atomic E-state index is 0.0140. The summed E-state index contributed by atoms with van der Waals surface area (Å²) in [4.78, 5) is 0. The number of hydrogen-bond acceptors (Lipinski definition) is 3. The number of aliphatic hydroxyl groups is 1. The van der Waals surface area contributed by atoms with Gasteiger partial charge in [0.25, 0.3) is 0 Å². The van der Waals surface area contributed by atoms with Crippen LogP contribution in [-0.2, 0) is 9.47 Å². The molecule has 1 heterocycles. The average Bonchev–Trinajstić information content (AvgIpc) is 2.83. The van der Waals surface area contributed by atoms with Crippen LogP contribution < -0.4 is 0 Å². The molecule has 0 bridgehead atoms. The fraction of sp³-hybridized carbons (Fsp3) is 1.00. The summed E-state index contributed by atoms with van der Waals surface area (Å²) in [6, 6.07) is 0. The van der Waals surface area contributed by atoms with Crippen LogP contribution in [0.3, 0.4) is 0 Å². The molecule has 0 amide bonds. The van der Waals surface area contributed by atoms with Gasteiger partial charge in [-0.1, -0.05) is 27.7 Å². The summed E-state index contributed by atoms with van der Waals surface area (Å²) in [5, 5.41) is 9.86. The second-order valence-electron chi connectivity index (χ2n) is 10.3. The largest absolute Gasteiger partial charge is 0.396 e. The van der Waals surface area contributed by atoms with Crippen molar-refractivity contribution in [2.45, 2.75) is 63.5 Å². The van der Waals surface area contributed by atoms with Gasteiger partial charge in [-0.05, 0) is 30.6 Å². The minimum atomic E-state index is -0.674. The number of aliphatic hydroxyl groups excluding tert-OH is 1. The lowest BCUT2D eigenvalue weighted by Crippen LogP contribution is -2.77. The predicted molar refractivity (Wildman–Crippen MR) is 95.3 cm³/mol. The number of fused-ring (bicyclic) bond motifs is 4. The van der Waals surface area contributed by atoms with Crippen LogP contribution in [0.5, 0.6) is 0 Å². The van der Waals surface area contributed by atoms with E-state index in [1.165, 1.54) is 0 Å². The Morgan fingerprint density at radius 1 is 0.958 bits per heavy atom. The van der Waals surface area contributed by atoms with Crippen molar-refractivity contribution in [1.29, 1.82) is 0 Å². The topological polar surface area (TPSA) is 38.7 Å². The van der Waals surface area contributed by atoms with Crippen molar-refractivity contribution in [3.8, 4) is 0 Å². The SMILES string of the molecule is CC1(C)COC2(OC1)[C@H]1C(Cl)C(Cl)[C@@]1(CO)C[C@@H]1CC(C)(C)C[C@@H]12. The zero-order chi connectivity index (χ0) is 17.5. The van der Waals surface area contributed by atoms with E-state index >= 15 is 0 Å². The molecule has 1 spiro atoms. The maximum absolute atomic E-state index is 10.3. The molecular weight excluding hydrogens is 347 g/mol. The van der Waals surface area contributed by atoms with Gasteiger partial charge in [0.2, 0.25) is 0 Å². The first-order valence-electron chi connectivity index (χ1n) is 9.24. The van der Waals surface area contributed by atoms with Gasteiger partial charge in [-0.2, -0.15) is 0 Å². The molecule has 0 aromatic heterocycles. The van der Waals surface area contributed by atoms with Crippen LogP contribution in [0, 0.1) is 34.0 Å². The van der Waals surface area contributed by atoms with E-state index in [1.807, 2.05) is 0 Å². The van der Waals surface area contributed by atoms with Crippen molar-refractivity contribution in [3.63, 3.8) is 0 Å². The highest BCUT2D eigenvalue weighted by Crippen LogP contribution is 2.71. The van der Waals surface area contributed by atoms with E-state index in [1.54, 1.807) is 0 Å². The normalized spacial score (nSPS) is 50.9. The zero-order valence-corrected chi connectivity index (χ0v) is 16.7. The minimum Gasteiger partial charge on any atom is -0.396 e. The van der Waals surface area contributed by atoms with Crippen molar-refractivity contribution in [2.75, 3.05) is 19.8 Å². The van der Waals surface area contributed by atoms with Gasteiger partial charge >= 0.3 is 0 Å². The number of hydrogen-bond donors (Lipinski definition) is 1. The number of halogens is 2. The summed E-state index contributed by atoms with van der Waals surface area (Å²) in [6.45, 7) is 10.4. The van der Waals surface area contributed by atoms with Crippen LogP contribution in [0.4, 0.5) is 0 Å². The van der Waals surface area contributed by atoms with E-state index < -0.39 is 5.79 Å². The molecule has 6 atom stereocenters. The molecule has 0 radical (unpaired) electrons. The van der Waals surface area contributed by atoms with Gasteiger partial charge < -0.3 is 14.6 Å². The van der Waals surface area contributed by atoms with Gasteiger partial charge in [-0.15, -0.1) is 23.2 Å². The summed E-state index contributed by atoms with van der Waals surface area (Å²) in [7, 11) is 0. The number of rotatable bonds is 1. The van der Waals surface area contributed by atoms with E-state index in [4.69, 9.17) is 32.7 Å². The second-order valence-corrected chi connectivity index (χ2v) is 11.3. The molecular formula is C19H30Cl2O3. The van der Waals surface area contributed by atoms with Crippen LogP contribution in [0.2, 0.25) is 0 Å². The smallest absolute Gasteiger partial charge is 0.176 e. The van der Waals surface area contributed by atoms with Crippen molar-refractivity contribution in [1.82, 2.24) is 0 Å². The first-order chi connectivity index (χ1) is 11.1. The third-order valence-electron chi connectivity index (χ3n) is 7.19. The summed E-state index contributed by atoms with van der Waals surface area (Å²) in [5.41, 5.74) is -0.0801. The molecule has 4 rings (SSSR count). The molecule has 24 heavy (non-hydrogen) atoms. The zero-order valence-electron chi connectivity index (χ0n) is 15.1. The lowest BCUT2D eigenvalue weighted by molar-refractivity contribution is -0.393. The third kappa shape index (κ3) is 2.21. The molecule has 0 aromatic carbocycles. The summed E-state index contributed by atoms with van der Waals surface area (Å²) in [5.74, 6) is 0.131. The fourth-order valence-corrected chi connectivity index (χ4v) is 7.28. The molecule has 4 fully saturated rings. The Morgan fingerprint density at radius 3 is 2.17 bits per heavy atom. The Morgan fingerprint density at radius 2 is 1.58 bits per heavy atom. The molecule has 2 unspecified atom stereocenters. The van der Waals surface area contributed by atoms with Gasteiger partial charge in [0.1, 0.15) is 0 Å². The highest BCUT2D eigenvalue weighted by molar-refractivity contribution is 6.32. The van der Waals surface area contributed by atoms with Crippen molar-refractivity contribution >= 4 is 23.2 Å². The molecule has 1 saturated heterocycles. The number of alkyl halides is 2. The highest BCUT2D eigenvalue weighted by Gasteiger charge is 2.76. The first-order valence-corrected chi connectivity index (χ1v) is 10.1. The van der Waals surface area contributed by atoms with E-state index in [0.717, 1.165) is 19.3 Å². The number of ether oxygens (including phenoxy) is 2. The molecule has 0 aromatic rings. The molecule has 1 N–H and O–H groups in total. The van der Waals surface area contributed by atoms with Gasteiger partial charge in [0.05, 0.1) is 30.6 Å². The lowest BCUT2D eigenvalue weighted by atomic mass is 9.46. The predicted octanol–water partition coefficient (Wildman–Crippen LogP) is 4.04. The molecule has 3 nitrogen and oxygen atoms in total. The molecule has 138 valence electrons. The van der Waals surface area contributed by atoms with E-state index in [9.17, 15) is 5.11 Å². The van der Waals surface area contributed by atoms with Crippen LogP contribution in [0.1, 0.15) is 47.0 Å². The summed E-state index contributed by atoms with van der Waals surface area (Å²) >= 11 is 13.3. The van der Waals surface area contributed by atoms with E-state index in [0.29, 0.717) is 25.0 Å². The standard InChI is InChI=1S/C19H30Cl2O3/c1-16(2)5-11-6-18(8-22)14(13(20)15(18)21)19(12(11)7-16)23-9-17(3,4)10-24-19/h11-15,22H,5-10H2,1-4H3/t11-,12-,13?,14-,15?,18+/m0/s1. The molecule has 5 heteroatoms. The summed E-state index contributed by atoms with van der Waals surface area (Å²) in [6.07, 6.45) is 3.17. The monoisotopic (exact) mass is 376 g/mol. The maximum Gasteiger partial charge on any atom is 0.176 e. The maximum atomic E-state index is 10.3. The fourth-order valence-electron chi connectivity index (χ4n) is 6.16. The van der Waals surface area contributed by atoms with Crippen LogP contribution in [0.15, 0.2) is 0 Å². The highest BCUT2D eigenvalue weighted by atomic mass is 35.5. The van der Waals surface area contributed by atoms with Crippen LogP contribution >= 0.6 is 23.2 Å². The van der Waals surface area contributed by atoms with E-state index in [-0.39, 0.29) is 39.5 Å². The summed E-state index contributed by atoms with van der Waals surface area (Å²) < 4.78 is 13.1. The van der Waals surface area contributed by atoms with Crippen molar-refractivity contribution in [3.05, 3.63) is 0 Å². The van der Waals surface area contributed by atoms with Crippen LogP contribution in [0.25, 0.3) is 0 Å². The van der Waals surface area contributed by atoms with Crippen molar-refractivity contribution in [2.24, 2.45) is 34.0 Å². The molecule has 4 aliphatic rings. The molecule has 1 aliphatic heterocycles. The lowest BCUT2D eigenvalue weighted by Gasteiger charge is -2.69. The van der Waals surface area contributed by atoms with Crippen molar-refractivity contribution < 1.29 is 14.6 Å². The Kier molecular flexibility index (Phi) is 3.91. The average molecular weight is 377 g/mol. The van der Waals surface area contributed by atoms with Gasteiger partial charge in [0, 0.05) is 22.7 Å². The van der Waals surface area contributed by atoms with Gasteiger partial charge in [0.15, 0.2) is 5.79 Å². The molecule has 3 aliphatic carbocycles. The quantitative estimate of drug-likeness (QED) is 0.701. The Labute approximate surface area is 155 Å². The second kappa shape index (κ2) is 5.25. The van der Waals surface area contributed by atoms with Crippen LogP contribution in [-0.4, -0.2) is 41.5 Å². The Bertz CT molecular complexity index is 525. The van der Waals surface area contributed by atoms with E-state index in [2.05, 4.69) is 27.7 Å². The Hall–Kier alpha value is 0.460.